The number of urea groups is 1. The summed E-state index contributed by atoms with van der Waals surface area (Å²) < 4.78 is 12.3. The van der Waals surface area contributed by atoms with Crippen LogP contribution in [-0.2, 0) is 13.0 Å². The number of hydrogen-bond acceptors (Lipinski definition) is 7. The fourth-order valence-corrected chi connectivity index (χ4v) is 6.32. The maximum atomic E-state index is 14.6. The summed E-state index contributed by atoms with van der Waals surface area (Å²) in [5.41, 5.74) is 4.62. The predicted molar refractivity (Wildman–Crippen MR) is 197 cm³/mol. The number of unbranched alkanes of at least 4 members (excludes halogenated alkanes) is 2. The van der Waals surface area contributed by atoms with E-state index < -0.39 is 12.1 Å². The zero-order chi connectivity index (χ0) is 36.5. The summed E-state index contributed by atoms with van der Waals surface area (Å²) in [7, 11) is 3.05. The van der Waals surface area contributed by atoms with Gasteiger partial charge in [0, 0.05) is 42.8 Å². The van der Waals surface area contributed by atoms with Crippen molar-refractivity contribution >= 4 is 29.2 Å². The first-order chi connectivity index (χ1) is 24.7. The first-order valence-electron chi connectivity index (χ1n) is 17.5. The van der Waals surface area contributed by atoms with Crippen molar-refractivity contribution in [2.24, 2.45) is 0 Å². The third-order valence-electron chi connectivity index (χ3n) is 9.14. The second-order valence-electron chi connectivity index (χ2n) is 12.7. The molecular formula is C39H48N6O6. The van der Waals surface area contributed by atoms with E-state index in [0.717, 1.165) is 36.8 Å². The van der Waals surface area contributed by atoms with Crippen LogP contribution in [-0.4, -0.2) is 82.5 Å². The molecule has 3 aromatic carbocycles. The molecule has 0 unspecified atom stereocenters. The number of nitrogens with one attached hydrogen (secondary N) is 2. The van der Waals surface area contributed by atoms with Gasteiger partial charge in [-0.05, 0) is 73.7 Å². The molecule has 270 valence electrons. The van der Waals surface area contributed by atoms with Gasteiger partial charge in [-0.25, -0.2) is 9.48 Å². The van der Waals surface area contributed by atoms with Crippen LogP contribution in [0.1, 0.15) is 77.2 Å². The number of aromatic nitrogens is 2. The number of fused-ring (bicyclic) bond motifs is 1. The van der Waals surface area contributed by atoms with Crippen LogP contribution >= 0.6 is 0 Å². The molecule has 0 saturated carbocycles. The molecule has 0 radical (unpaired) electrons. The van der Waals surface area contributed by atoms with E-state index in [0.29, 0.717) is 66.0 Å². The number of methoxy groups -OCH3 is 2. The molecule has 0 aliphatic carbocycles. The highest BCUT2D eigenvalue weighted by Crippen LogP contribution is 2.31. The highest BCUT2D eigenvalue weighted by Gasteiger charge is 2.32. The number of rotatable bonds is 14. The SMILES string of the molecule is CCCCN(CCCC)C(=O)c1cc(C)n(-c2ccc(NC(=O)Nc3ccc(OC)c(OC)c3)cc2C(=O)N2Cc3ccccc3C[C@H]2CO)n1. The molecule has 1 aliphatic heterocycles. The Kier molecular flexibility index (Phi) is 12.3. The smallest absolute Gasteiger partial charge is 0.323 e. The van der Waals surface area contributed by atoms with Crippen LogP contribution in [0.4, 0.5) is 16.2 Å². The normalized spacial score (nSPS) is 13.7. The molecule has 0 fully saturated rings. The second kappa shape index (κ2) is 17.0. The average Bonchev–Trinajstić information content (AvgIpc) is 3.54. The van der Waals surface area contributed by atoms with E-state index >= 15 is 0 Å². The van der Waals surface area contributed by atoms with Crippen LogP contribution in [0.3, 0.4) is 0 Å². The lowest BCUT2D eigenvalue weighted by molar-refractivity contribution is 0.0544. The van der Waals surface area contributed by atoms with Gasteiger partial charge in [-0.2, -0.15) is 5.10 Å². The Morgan fingerprint density at radius 3 is 2.18 bits per heavy atom. The Balaban J connectivity index is 1.50. The number of anilines is 2. The molecule has 0 spiro atoms. The third kappa shape index (κ3) is 8.51. The summed E-state index contributed by atoms with van der Waals surface area (Å²) in [6.45, 7) is 7.43. The van der Waals surface area contributed by atoms with Crippen molar-refractivity contribution in [1.29, 1.82) is 0 Å². The minimum atomic E-state index is -0.532. The zero-order valence-corrected chi connectivity index (χ0v) is 30.1. The summed E-state index contributed by atoms with van der Waals surface area (Å²) in [5.74, 6) is 0.500. The minimum absolute atomic E-state index is 0.148. The maximum Gasteiger partial charge on any atom is 0.323 e. The standard InChI is InChI=1S/C39H48N6O6/c1-6-8-18-43(19-9-7-2)38(48)33-20-26(3)45(42-33)34-16-14-29(40-39(49)41-30-15-17-35(50-4)36(23-30)51-5)22-32(34)37(47)44-24-28-13-11-10-12-27(28)21-31(44)25-46/h10-17,20,22-23,31,46H,6-9,18-19,21,24-25H2,1-5H3,(H2,40,41,49)/t31-/m0/s1. The molecule has 3 N–H and O–H groups in total. The fraction of sp³-hybridized carbons (Fsp3) is 0.385. The largest absolute Gasteiger partial charge is 0.493 e. The number of amides is 4. The summed E-state index contributed by atoms with van der Waals surface area (Å²) in [4.78, 5) is 45.0. The molecule has 1 atom stereocenters. The number of benzene rings is 3. The van der Waals surface area contributed by atoms with Crippen LogP contribution in [0, 0.1) is 6.92 Å². The van der Waals surface area contributed by atoms with Gasteiger partial charge in [0.1, 0.15) is 0 Å². The number of aliphatic hydroxyl groups excluding tert-OH is 1. The van der Waals surface area contributed by atoms with E-state index in [4.69, 9.17) is 14.6 Å². The molecule has 1 aliphatic rings. The molecule has 4 aromatic rings. The first kappa shape index (κ1) is 36.9. The van der Waals surface area contributed by atoms with Crippen molar-refractivity contribution in [3.05, 3.63) is 94.8 Å². The maximum absolute atomic E-state index is 14.6. The van der Waals surface area contributed by atoms with Gasteiger partial charge in [0.2, 0.25) is 0 Å². The molecule has 51 heavy (non-hydrogen) atoms. The molecule has 12 heteroatoms. The lowest BCUT2D eigenvalue weighted by Crippen LogP contribution is -2.46. The van der Waals surface area contributed by atoms with Crippen molar-refractivity contribution in [3.63, 3.8) is 0 Å². The Morgan fingerprint density at radius 1 is 0.882 bits per heavy atom. The molecule has 0 bridgehead atoms. The van der Waals surface area contributed by atoms with Crippen LogP contribution in [0.15, 0.2) is 66.7 Å². The molecule has 4 amide bonds. The van der Waals surface area contributed by atoms with Gasteiger partial charge in [0.05, 0.1) is 38.1 Å². The summed E-state index contributed by atoms with van der Waals surface area (Å²) in [6, 6.07) is 18.7. The van der Waals surface area contributed by atoms with Gasteiger partial charge in [-0.3, -0.25) is 9.59 Å². The number of carbonyl (C=O) groups is 3. The summed E-state index contributed by atoms with van der Waals surface area (Å²) in [5, 5.41) is 20.8. The number of aryl methyl sites for hydroxylation is 1. The van der Waals surface area contributed by atoms with Crippen molar-refractivity contribution in [1.82, 2.24) is 19.6 Å². The lowest BCUT2D eigenvalue weighted by Gasteiger charge is -2.36. The van der Waals surface area contributed by atoms with E-state index in [9.17, 15) is 19.5 Å². The van der Waals surface area contributed by atoms with Crippen LogP contribution in [0.5, 0.6) is 11.5 Å². The van der Waals surface area contributed by atoms with Crippen molar-refractivity contribution in [3.8, 4) is 17.2 Å². The zero-order valence-electron chi connectivity index (χ0n) is 30.1. The number of hydrogen-bond donors (Lipinski definition) is 3. The lowest BCUT2D eigenvalue weighted by atomic mass is 9.93. The van der Waals surface area contributed by atoms with Gasteiger partial charge in [0.25, 0.3) is 11.8 Å². The van der Waals surface area contributed by atoms with E-state index in [2.05, 4.69) is 24.5 Å². The topological polar surface area (TPSA) is 138 Å². The third-order valence-corrected chi connectivity index (χ3v) is 9.14. The fourth-order valence-electron chi connectivity index (χ4n) is 6.32. The van der Waals surface area contributed by atoms with Gasteiger partial charge in [-0.15, -0.1) is 0 Å². The molecule has 5 rings (SSSR count). The number of nitrogens with zero attached hydrogens (tertiary/aromatic N) is 4. The van der Waals surface area contributed by atoms with Crippen molar-refractivity contribution < 1.29 is 29.0 Å². The van der Waals surface area contributed by atoms with Crippen molar-refractivity contribution in [2.75, 3.05) is 44.5 Å². The summed E-state index contributed by atoms with van der Waals surface area (Å²) >= 11 is 0. The monoisotopic (exact) mass is 696 g/mol. The van der Waals surface area contributed by atoms with Gasteiger partial charge in [-0.1, -0.05) is 51.0 Å². The number of carbonyl (C=O) groups excluding carboxylic acids is 3. The predicted octanol–water partition coefficient (Wildman–Crippen LogP) is 6.44. The van der Waals surface area contributed by atoms with Gasteiger partial charge < -0.3 is 35.0 Å². The molecule has 0 saturated heterocycles. The first-order valence-corrected chi connectivity index (χ1v) is 17.5. The molecule has 12 nitrogen and oxygen atoms in total. The van der Waals surface area contributed by atoms with Crippen LogP contribution < -0.4 is 20.1 Å². The van der Waals surface area contributed by atoms with E-state index in [1.54, 1.807) is 52.0 Å². The van der Waals surface area contributed by atoms with Crippen molar-refractivity contribution in [2.45, 2.75) is 65.5 Å². The Labute approximate surface area is 299 Å². The highest BCUT2D eigenvalue weighted by molar-refractivity contribution is 6.03. The van der Waals surface area contributed by atoms with E-state index in [1.807, 2.05) is 36.1 Å². The Hall–Kier alpha value is -5.36. The van der Waals surface area contributed by atoms with Crippen LogP contribution in [0.2, 0.25) is 0 Å². The molecule has 2 heterocycles. The van der Waals surface area contributed by atoms with Gasteiger partial charge in [0.15, 0.2) is 17.2 Å². The summed E-state index contributed by atoms with van der Waals surface area (Å²) in [6.07, 6.45) is 4.23. The van der Waals surface area contributed by atoms with Crippen LogP contribution in [0.25, 0.3) is 5.69 Å². The number of ether oxygens (including phenoxy) is 2. The Bertz CT molecular complexity index is 1850. The minimum Gasteiger partial charge on any atom is -0.493 e. The van der Waals surface area contributed by atoms with E-state index in [1.165, 1.54) is 14.2 Å². The second-order valence-corrected chi connectivity index (χ2v) is 12.7. The molecular weight excluding hydrogens is 648 g/mol. The Morgan fingerprint density at radius 2 is 1.53 bits per heavy atom. The molecule has 1 aromatic heterocycles. The quantitative estimate of drug-likeness (QED) is 0.138. The highest BCUT2D eigenvalue weighted by atomic mass is 16.5. The van der Waals surface area contributed by atoms with E-state index in [-0.39, 0.29) is 24.0 Å². The average molecular weight is 697 g/mol. The van der Waals surface area contributed by atoms with Gasteiger partial charge >= 0.3 is 6.03 Å². The number of aliphatic hydroxyl groups is 1.